The van der Waals surface area contributed by atoms with E-state index in [1.165, 1.54) is 0 Å². The van der Waals surface area contributed by atoms with Gasteiger partial charge >= 0.3 is 0 Å². The average Bonchev–Trinajstić information content (AvgIpc) is 3.12. The first kappa shape index (κ1) is 19.1. The van der Waals surface area contributed by atoms with Gasteiger partial charge in [0.05, 0.1) is 16.8 Å². The molecule has 3 aromatic heterocycles. The fraction of sp³-hybridized carbons (Fsp3) is 0.261. The van der Waals surface area contributed by atoms with E-state index in [1.54, 1.807) is 16.8 Å². The summed E-state index contributed by atoms with van der Waals surface area (Å²) in [4.78, 5) is 14.5. The minimum atomic E-state index is -0.0728. The number of nitrogens with zero attached hydrogens (tertiary/aromatic N) is 5. The van der Waals surface area contributed by atoms with E-state index in [2.05, 4.69) is 19.0 Å². The SMILES string of the molecule is CN(C)CCCCn1nc(-c2c(-c3ccccc3)nn3ccccc23)ccc1=O. The highest BCUT2D eigenvalue weighted by Crippen LogP contribution is 2.33. The molecule has 0 bridgehead atoms. The van der Waals surface area contributed by atoms with Gasteiger partial charge in [0.2, 0.25) is 0 Å². The molecular formula is C23H25N5O. The molecule has 148 valence electrons. The summed E-state index contributed by atoms with van der Waals surface area (Å²) in [6, 6.07) is 19.5. The minimum absolute atomic E-state index is 0.0728. The van der Waals surface area contributed by atoms with Crippen LogP contribution in [0.5, 0.6) is 0 Å². The molecule has 0 aliphatic carbocycles. The van der Waals surface area contributed by atoms with Crippen LogP contribution >= 0.6 is 0 Å². The predicted molar refractivity (Wildman–Crippen MR) is 116 cm³/mol. The third kappa shape index (κ3) is 4.12. The molecule has 0 fully saturated rings. The van der Waals surface area contributed by atoms with E-state index in [9.17, 15) is 4.79 Å². The first-order chi connectivity index (χ1) is 14.1. The number of aromatic nitrogens is 4. The molecule has 0 aliphatic heterocycles. The zero-order chi connectivity index (χ0) is 20.2. The Kier molecular flexibility index (Phi) is 5.53. The van der Waals surface area contributed by atoms with E-state index in [0.29, 0.717) is 6.54 Å². The van der Waals surface area contributed by atoms with Crippen LogP contribution in [0.1, 0.15) is 12.8 Å². The molecule has 0 spiro atoms. The molecule has 0 aliphatic rings. The lowest BCUT2D eigenvalue weighted by atomic mass is 10.0. The molecule has 0 N–H and O–H groups in total. The fourth-order valence-corrected chi connectivity index (χ4v) is 3.48. The van der Waals surface area contributed by atoms with Crippen LogP contribution in [0, 0.1) is 0 Å². The van der Waals surface area contributed by atoms with E-state index in [-0.39, 0.29) is 5.56 Å². The summed E-state index contributed by atoms with van der Waals surface area (Å²) in [7, 11) is 4.11. The second kappa shape index (κ2) is 8.41. The number of fused-ring (bicyclic) bond motifs is 1. The topological polar surface area (TPSA) is 55.4 Å². The molecule has 4 rings (SSSR count). The molecule has 29 heavy (non-hydrogen) atoms. The van der Waals surface area contributed by atoms with Crippen LogP contribution in [0.25, 0.3) is 28.0 Å². The van der Waals surface area contributed by atoms with Crippen molar-refractivity contribution in [2.75, 3.05) is 20.6 Å². The maximum absolute atomic E-state index is 12.4. The number of pyridine rings is 1. The molecule has 6 heteroatoms. The summed E-state index contributed by atoms with van der Waals surface area (Å²) in [6.07, 6.45) is 3.87. The molecule has 6 nitrogen and oxygen atoms in total. The zero-order valence-electron chi connectivity index (χ0n) is 16.8. The largest absolute Gasteiger partial charge is 0.309 e. The molecule has 0 atom stereocenters. The fourth-order valence-electron chi connectivity index (χ4n) is 3.48. The van der Waals surface area contributed by atoms with E-state index in [4.69, 9.17) is 10.2 Å². The van der Waals surface area contributed by atoms with E-state index >= 15 is 0 Å². The second-order valence-electron chi connectivity index (χ2n) is 7.41. The third-order valence-corrected chi connectivity index (χ3v) is 4.94. The summed E-state index contributed by atoms with van der Waals surface area (Å²) in [5, 5.41) is 9.49. The maximum Gasteiger partial charge on any atom is 0.266 e. The van der Waals surface area contributed by atoms with Gasteiger partial charge in [0, 0.05) is 24.4 Å². The molecule has 0 unspecified atom stereocenters. The van der Waals surface area contributed by atoms with Crippen molar-refractivity contribution in [2.45, 2.75) is 19.4 Å². The average molecular weight is 387 g/mol. The number of unbranched alkanes of at least 4 members (excludes halogenated alkanes) is 1. The Labute approximate surface area is 170 Å². The van der Waals surface area contributed by atoms with Crippen molar-refractivity contribution in [2.24, 2.45) is 0 Å². The highest BCUT2D eigenvalue weighted by molar-refractivity contribution is 5.90. The Morgan fingerprint density at radius 2 is 1.69 bits per heavy atom. The number of benzene rings is 1. The lowest BCUT2D eigenvalue weighted by molar-refractivity contribution is 0.383. The van der Waals surface area contributed by atoms with Crippen molar-refractivity contribution >= 4 is 5.52 Å². The van der Waals surface area contributed by atoms with Crippen LogP contribution in [0.3, 0.4) is 0 Å². The van der Waals surface area contributed by atoms with Gasteiger partial charge in [-0.3, -0.25) is 4.79 Å². The van der Waals surface area contributed by atoms with E-state index < -0.39 is 0 Å². The monoisotopic (exact) mass is 387 g/mol. The van der Waals surface area contributed by atoms with Crippen molar-refractivity contribution < 1.29 is 0 Å². The first-order valence-electron chi connectivity index (χ1n) is 9.89. The number of hydrogen-bond donors (Lipinski definition) is 0. The van der Waals surface area contributed by atoms with Gasteiger partial charge in [-0.05, 0) is 51.7 Å². The number of rotatable bonds is 7. The lowest BCUT2D eigenvalue weighted by Gasteiger charge is -2.10. The summed E-state index contributed by atoms with van der Waals surface area (Å²) >= 11 is 0. The van der Waals surface area contributed by atoms with Gasteiger partial charge in [-0.25, -0.2) is 9.20 Å². The van der Waals surface area contributed by atoms with Crippen molar-refractivity contribution in [3.63, 3.8) is 0 Å². The maximum atomic E-state index is 12.4. The van der Waals surface area contributed by atoms with E-state index in [0.717, 1.165) is 47.4 Å². The van der Waals surface area contributed by atoms with E-state index in [1.807, 2.05) is 59.2 Å². The van der Waals surface area contributed by atoms with Gasteiger partial charge < -0.3 is 4.90 Å². The van der Waals surface area contributed by atoms with Crippen molar-refractivity contribution in [3.05, 3.63) is 77.2 Å². The highest BCUT2D eigenvalue weighted by Gasteiger charge is 2.18. The van der Waals surface area contributed by atoms with Gasteiger partial charge in [-0.2, -0.15) is 10.2 Å². The number of hydrogen-bond acceptors (Lipinski definition) is 4. The van der Waals surface area contributed by atoms with Crippen LogP contribution in [0.15, 0.2) is 71.7 Å². The Balaban J connectivity index is 1.76. The smallest absolute Gasteiger partial charge is 0.266 e. The Morgan fingerprint density at radius 3 is 2.48 bits per heavy atom. The summed E-state index contributed by atoms with van der Waals surface area (Å²) in [6.45, 7) is 1.61. The molecule has 3 heterocycles. The standard InChI is InChI=1S/C23H25N5O/c1-26(2)15-8-9-17-28-21(29)14-13-19(24-28)22-20-12-6-7-16-27(20)25-23(22)18-10-4-3-5-11-18/h3-7,10-14,16H,8-9,15,17H2,1-2H3. The molecular weight excluding hydrogens is 362 g/mol. The van der Waals surface area contributed by atoms with Crippen LogP contribution in [-0.2, 0) is 6.54 Å². The molecule has 0 amide bonds. The summed E-state index contributed by atoms with van der Waals surface area (Å²) < 4.78 is 3.44. The summed E-state index contributed by atoms with van der Waals surface area (Å²) in [5.74, 6) is 0. The molecule has 4 aromatic rings. The molecule has 0 radical (unpaired) electrons. The van der Waals surface area contributed by atoms with Crippen LogP contribution < -0.4 is 5.56 Å². The Bertz CT molecular complexity index is 1160. The Morgan fingerprint density at radius 1 is 0.897 bits per heavy atom. The van der Waals surface area contributed by atoms with Gasteiger partial charge in [0.25, 0.3) is 5.56 Å². The van der Waals surface area contributed by atoms with Crippen LogP contribution in [-0.4, -0.2) is 44.9 Å². The quantitative estimate of drug-likeness (QED) is 0.455. The van der Waals surface area contributed by atoms with Gasteiger partial charge in [0.1, 0.15) is 5.69 Å². The lowest BCUT2D eigenvalue weighted by Crippen LogP contribution is -2.23. The molecule has 0 saturated heterocycles. The van der Waals surface area contributed by atoms with Gasteiger partial charge in [-0.15, -0.1) is 0 Å². The summed E-state index contributed by atoms with van der Waals surface area (Å²) in [5.41, 5.74) is 4.49. The zero-order valence-corrected chi connectivity index (χ0v) is 16.8. The second-order valence-corrected chi connectivity index (χ2v) is 7.41. The third-order valence-electron chi connectivity index (χ3n) is 4.94. The van der Waals surface area contributed by atoms with Gasteiger partial charge in [0.15, 0.2) is 0 Å². The van der Waals surface area contributed by atoms with Gasteiger partial charge in [-0.1, -0.05) is 36.4 Å². The first-order valence-corrected chi connectivity index (χ1v) is 9.89. The molecule has 0 saturated carbocycles. The number of aryl methyl sites for hydroxylation is 1. The van der Waals surface area contributed by atoms with Crippen molar-refractivity contribution in [1.29, 1.82) is 0 Å². The highest BCUT2D eigenvalue weighted by atomic mass is 16.1. The normalized spacial score (nSPS) is 11.4. The van der Waals surface area contributed by atoms with Crippen LogP contribution in [0.4, 0.5) is 0 Å². The predicted octanol–water partition coefficient (Wildman–Crippen LogP) is 3.57. The Hall–Kier alpha value is -3.25. The van der Waals surface area contributed by atoms with Crippen LogP contribution in [0.2, 0.25) is 0 Å². The van der Waals surface area contributed by atoms with Crippen molar-refractivity contribution in [1.82, 2.24) is 24.3 Å². The van der Waals surface area contributed by atoms with Crippen molar-refractivity contribution in [3.8, 4) is 22.5 Å². The minimum Gasteiger partial charge on any atom is -0.309 e. The molecule has 1 aromatic carbocycles.